The Morgan fingerprint density at radius 3 is 2.60 bits per heavy atom. The van der Waals surface area contributed by atoms with Crippen LogP contribution in [0.25, 0.3) is 5.78 Å². The van der Waals surface area contributed by atoms with Gasteiger partial charge in [0.25, 0.3) is 5.56 Å². The largest absolute Gasteiger partial charge is 0.290 e. The van der Waals surface area contributed by atoms with Crippen LogP contribution in [-0.4, -0.2) is 19.6 Å². The van der Waals surface area contributed by atoms with E-state index in [2.05, 4.69) is 15.1 Å². The van der Waals surface area contributed by atoms with Crippen molar-refractivity contribution in [3.63, 3.8) is 0 Å². The zero-order valence-corrected chi connectivity index (χ0v) is 9.33. The Morgan fingerprint density at radius 1 is 1.33 bits per heavy atom. The SMILES string of the molecule is Cc1nc2[nH]c(=O)c(C(C)C)c(C)n2n1. The summed E-state index contributed by atoms with van der Waals surface area (Å²) in [5.41, 5.74) is 1.57. The molecule has 1 N–H and O–H groups in total. The second kappa shape index (κ2) is 3.18. The highest BCUT2D eigenvalue weighted by Crippen LogP contribution is 2.14. The second-order valence-corrected chi connectivity index (χ2v) is 4.00. The van der Waals surface area contributed by atoms with E-state index in [1.807, 2.05) is 20.8 Å². The van der Waals surface area contributed by atoms with E-state index in [-0.39, 0.29) is 11.5 Å². The van der Waals surface area contributed by atoms with Crippen molar-refractivity contribution in [2.45, 2.75) is 33.6 Å². The summed E-state index contributed by atoms with van der Waals surface area (Å²) in [5, 5.41) is 4.23. The first kappa shape index (κ1) is 9.89. The average Bonchev–Trinajstić information content (AvgIpc) is 2.45. The highest BCUT2D eigenvalue weighted by atomic mass is 16.1. The Hall–Kier alpha value is -1.65. The predicted octanol–water partition coefficient (Wildman–Crippen LogP) is 1.16. The number of hydrogen-bond donors (Lipinski definition) is 1. The molecule has 15 heavy (non-hydrogen) atoms. The van der Waals surface area contributed by atoms with E-state index >= 15 is 0 Å². The summed E-state index contributed by atoms with van der Waals surface area (Å²) in [7, 11) is 0. The summed E-state index contributed by atoms with van der Waals surface area (Å²) in [4.78, 5) is 18.6. The van der Waals surface area contributed by atoms with Crippen LogP contribution in [0.5, 0.6) is 0 Å². The molecule has 0 aliphatic rings. The Balaban J connectivity index is 2.89. The summed E-state index contributed by atoms with van der Waals surface area (Å²) < 4.78 is 1.69. The molecule has 0 bridgehead atoms. The first-order valence-corrected chi connectivity index (χ1v) is 4.97. The van der Waals surface area contributed by atoms with Crippen molar-refractivity contribution in [1.29, 1.82) is 0 Å². The fraction of sp³-hybridized carbons (Fsp3) is 0.500. The molecule has 0 aromatic carbocycles. The molecule has 0 spiro atoms. The smallest absolute Gasteiger partial charge is 0.256 e. The topological polar surface area (TPSA) is 63.0 Å². The van der Waals surface area contributed by atoms with Gasteiger partial charge in [-0.15, -0.1) is 0 Å². The van der Waals surface area contributed by atoms with Gasteiger partial charge in [-0.05, 0) is 19.8 Å². The maximum absolute atomic E-state index is 11.8. The van der Waals surface area contributed by atoms with E-state index in [4.69, 9.17) is 0 Å². The van der Waals surface area contributed by atoms with E-state index < -0.39 is 0 Å². The van der Waals surface area contributed by atoms with Gasteiger partial charge in [-0.3, -0.25) is 9.78 Å². The summed E-state index contributed by atoms with van der Waals surface area (Å²) in [6.07, 6.45) is 0. The van der Waals surface area contributed by atoms with Crippen LogP contribution < -0.4 is 5.56 Å². The van der Waals surface area contributed by atoms with Crippen LogP contribution in [0.15, 0.2) is 4.79 Å². The van der Waals surface area contributed by atoms with Crippen molar-refractivity contribution in [3.8, 4) is 0 Å². The van der Waals surface area contributed by atoms with Gasteiger partial charge >= 0.3 is 0 Å². The number of nitrogens with zero attached hydrogens (tertiary/aromatic N) is 3. The Bertz CT molecular complexity index is 565. The molecule has 2 heterocycles. The fourth-order valence-electron chi connectivity index (χ4n) is 1.86. The van der Waals surface area contributed by atoms with E-state index in [0.717, 1.165) is 11.3 Å². The minimum atomic E-state index is -0.0672. The molecule has 80 valence electrons. The van der Waals surface area contributed by atoms with Gasteiger partial charge in [-0.1, -0.05) is 13.8 Å². The van der Waals surface area contributed by atoms with Gasteiger partial charge in [0.1, 0.15) is 5.82 Å². The molecular formula is C10H14N4O. The number of hydrogen-bond acceptors (Lipinski definition) is 3. The Kier molecular flexibility index (Phi) is 2.10. The van der Waals surface area contributed by atoms with Crippen LogP contribution >= 0.6 is 0 Å². The van der Waals surface area contributed by atoms with Gasteiger partial charge in [-0.25, -0.2) is 4.52 Å². The minimum absolute atomic E-state index is 0.0672. The quantitative estimate of drug-likeness (QED) is 0.761. The van der Waals surface area contributed by atoms with E-state index in [0.29, 0.717) is 11.6 Å². The van der Waals surface area contributed by atoms with Crippen molar-refractivity contribution in [2.75, 3.05) is 0 Å². The van der Waals surface area contributed by atoms with Crippen molar-refractivity contribution < 1.29 is 0 Å². The second-order valence-electron chi connectivity index (χ2n) is 4.00. The fourth-order valence-corrected chi connectivity index (χ4v) is 1.86. The molecule has 0 amide bonds. The maximum Gasteiger partial charge on any atom is 0.256 e. The lowest BCUT2D eigenvalue weighted by Crippen LogP contribution is -2.19. The molecule has 0 fully saturated rings. The first-order chi connectivity index (χ1) is 7.00. The van der Waals surface area contributed by atoms with E-state index in [9.17, 15) is 4.79 Å². The van der Waals surface area contributed by atoms with Crippen molar-refractivity contribution in [1.82, 2.24) is 19.6 Å². The van der Waals surface area contributed by atoms with Crippen LogP contribution in [0.3, 0.4) is 0 Å². The van der Waals surface area contributed by atoms with Crippen molar-refractivity contribution >= 4 is 5.78 Å². The van der Waals surface area contributed by atoms with Crippen LogP contribution in [0.1, 0.15) is 36.8 Å². The minimum Gasteiger partial charge on any atom is -0.290 e. The third-order valence-corrected chi connectivity index (χ3v) is 2.47. The van der Waals surface area contributed by atoms with Crippen molar-refractivity contribution in [3.05, 3.63) is 27.4 Å². The zero-order chi connectivity index (χ0) is 11.2. The summed E-state index contributed by atoms with van der Waals surface area (Å²) in [5.74, 6) is 1.36. The predicted molar refractivity (Wildman–Crippen MR) is 57.2 cm³/mol. The first-order valence-electron chi connectivity index (χ1n) is 4.97. The zero-order valence-electron chi connectivity index (χ0n) is 9.33. The number of aromatic amines is 1. The van der Waals surface area contributed by atoms with Crippen LogP contribution in [0.4, 0.5) is 0 Å². The molecule has 0 saturated carbocycles. The Morgan fingerprint density at radius 2 is 2.00 bits per heavy atom. The Labute approximate surface area is 87.2 Å². The molecule has 2 aromatic rings. The van der Waals surface area contributed by atoms with Gasteiger partial charge in [-0.2, -0.15) is 10.1 Å². The monoisotopic (exact) mass is 206 g/mol. The van der Waals surface area contributed by atoms with Gasteiger partial charge in [0.2, 0.25) is 5.78 Å². The van der Waals surface area contributed by atoms with Crippen LogP contribution in [-0.2, 0) is 0 Å². The molecule has 0 atom stereocenters. The molecule has 5 nitrogen and oxygen atoms in total. The number of fused-ring (bicyclic) bond motifs is 1. The highest BCUT2D eigenvalue weighted by molar-refractivity contribution is 5.33. The molecule has 0 unspecified atom stereocenters. The number of H-pyrrole nitrogens is 1. The number of aryl methyl sites for hydroxylation is 2. The molecule has 0 aliphatic heterocycles. The number of rotatable bonds is 1. The normalized spacial score (nSPS) is 11.5. The standard InChI is InChI=1S/C10H14N4O/c1-5(2)8-6(3)14-10(12-9(8)15)11-7(4)13-14/h5H,1-4H3,(H,11,12,13,15). The molecule has 0 saturated heterocycles. The summed E-state index contributed by atoms with van der Waals surface area (Å²) in [6, 6.07) is 0. The molecule has 5 heteroatoms. The highest BCUT2D eigenvalue weighted by Gasteiger charge is 2.13. The lowest BCUT2D eigenvalue weighted by atomic mass is 10.0. The molecule has 2 rings (SSSR count). The van der Waals surface area contributed by atoms with Gasteiger partial charge in [0.15, 0.2) is 0 Å². The average molecular weight is 206 g/mol. The number of nitrogens with one attached hydrogen (secondary N) is 1. The molecule has 0 aliphatic carbocycles. The summed E-state index contributed by atoms with van der Waals surface area (Å²) in [6.45, 7) is 7.69. The number of aromatic nitrogens is 4. The lowest BCUT2D eigenvalue weighted by Gasteiger charge is -2.08. The van der Waals surface area contributed by atoms with Gasteiger partial charge < -0.3 is 0 Å². The van der Waals surface area contributed by atoms with E-state index in [1.165, 1.54) is 0 Å². The van der Waals surface area contributed by atoms with Gasteiger partial charge in [0, 0.05) is 5.56 Å². The molecular weight excluding hydrogens is 192 g/mol. The molecule has 0 radical (unpaired) electrons. The van der Waals surface area contributed by atoms with Gasteiger partial charge in [0.05, 0.1) is 5.69 Å². The van der Waals surface area contributed by atoms with Crippen LogP contribution in [0.2, 0.25) is 0 Å². The van der Waals surface area contributed by atoms with Crippen LogP contribution in [0, 0.1) is 13.8 Å². The third kappa shape index (κ3) is 1.44. The maximum atomic E-state index is 11.8. The molecule has 2 aromatic heterocycles. The lowest BCUT2D eigenvalue weighted by molar-refractivity contribution is 0.775. The van der Waals surface area contributed by atoms with E-state index in [1.54, 1.807) is 11.4 Å². The van der Waals surface area contributed by atoms with Crippen molar-refractivity contribution in [2.24, 2.45) is 0 Å². The summed E-state index contributed by atoms with van der Waals surface area (Å²) >= 11 is 0. The third-order valence-electron chi connectivity index (χ3n) is 2.47.